The number of piperidine rings is 1. The summed E-state index contributed by atoms with van der Waals surface area (Å²) in [5.41, 5.74) is 2.08. The van der Waals surface area contributed by atoms with E-state index in [0.29, 0.717) is 31.8 Å². The van der Waals surface area contributed by atoms with Crippen LogP contribution in [-0.2, 0) is 11.2 Å². The van der Waals surface area contributed by atoms with Crippen molar-refractivity contribution in [3.63, 3.8) is 0 Å². The van der Waals surface area contributed by atoms with Crippen LogP contribution in [0.15, 0.2) is 24.3 Å². The summed E-state index contributed by atoms with van der Waals surface area (Å²) in [7, 11) is 0. The molecule has 3 N–H and O–H groups in total. The number of carbonyl (C=O) groups is 2. The molecule has 0 bridgehead atoms. The van der Waals surface area contributed by atoms with Crippen LogP contribution in [0.5, 0.6) is 0 Å². The molecule has 0 aromatic heterocycles. The fourth-order valence-electron chi connectivity index (χ4n) is 3.87. The summed E-state index contributed by atoms with van der Waals surface area (Å²) in [6, 6.07) is 7.26. The maximum absolute atomic E-state index is 12.4. The summed E-state index contributed by atoms with van der Waals surface area (Å²) < 4.78 is 0. The van der Waals surface area contributed by atoms with E-state index in [1.165, 1.54) is 0 Å². The minimum absolute atomic E-state index is 0.0619. The summed E-state index contributed by atoms with van der Waals surface area (Å²) in [4.78, 5) is 26.4. The first kappa shape index (κ1) is 18.7. The number of rotatable bonds is 4. The molecule has 1 heterocycles. The highest BCUT2D eigenvalue weighted by Crippen LogP contribution is 2.31. The zero-order valence-electron chi connectivity index (χ0n) is 15.6. The van der Waals surface area contributed by atoms with Crippen LogP contribution in [0.3, 0.4) is 0 Å². The third kappa shape index (κ3) is 4.36. The number of carbonyl (C=O) groups excluding carboxylic acids is 2. The summed E-state index contributed by atoms with van der Waals surface area (Å²) in [5.74, 6) is 0.568. The van der Waals surface area contributed by atoms with Crippen molar-refractivity contribution >= 4 is 11.9 Å². The number of likely N-dealkylation sites (tertiary alicyclic amines) is 1. The standard InChI is InChI=1S/C20H29N3O3/c1-13(2)11-18(25)23-9-7-15(8-10-23)21-20(26)22-19-16-6-4-3-5-14(16)12-17(19)24/h3-6,13,15,17,19,24H,7-12H2,1-2H3,(H2,21,22,26)/t17-,19+/m0/s1. The molecule has 142 valence electrons. The van der Waals surface area contributed by atoms with Crippen LogP contribution in [-0.4, -0.2) is 47.2 Å². The zero-order chi connectivity index (χ0) is 18.7. The predicted octanol–water partition coefficient (Wildman–Crippen LogP) is 1.98. The Morgan fingerprint density at radius 2 is 1.88 bits per heavy atom. The molecule has 1 fully saturated rings. The lowest BCUT2D eigenvalue weighted by Gasteiger charge is -2.33. The number of fused-ring (bicyclic) bond motifs is 1. The van der Waals surface area contributed by atoms with Gasteiger partial charge < -0.3 is 20.6 Å². The van der Waals surface area contributed by atoms with Crippen molar-refractivity contribution in [1.82, 2.24) is 15.5 Å². The number of urea groups is 1. The largest absolute Gasteiger partial charge is 0.390 e. The molecule has 2 aliphatic rings. The van der Waals surface area contributed by atoms with Crippen LogP contribution in [0.2, 0.25) is 0 Å². The number of hydrogen-bond donors (Lipinski definition) is 3. The normalized spacial score (nSPS) is 23.0. The fourth-order valence-corrected chi connectivity index (χ4v) is 3.87. The van der Waals surface area contributed by atoms with Crippen LogP contribution < -0.4 is 10.6 Å². The Balaban J connectivity index is 1.47. The van der Waals surface area contributed by atoms with E-state index in [4.69, 9.17) is 0 Å². The first-order chi connectivity index (χ1) is 12.4. The molecule has 2 atom stereocenters. The molecule has 3 rings (SSSR count). The minimum Gasteiger partial charge on any atom is -0.390 e. The second-order valence-electron chi connectivity index (χ2n) is 7.82. The topological polar surface area (TPSA) is 81.7 Å². The van der Waals surface area contributed by atoms with E-state index in [1.54, 1.807) is 0 Å². The second kappa shape index (κ2) is 8.08. The second-order valence-corrected chi connectivity index (χ2v) is 7.82. The average molecular weight is 359 g/mol. The fraction of sp³-hybridized carbons (Fsp3) is 0.600. The highest BCUT2D eigenvalue weighted by Gasteiger charge is 2.32. The van der Waals surface area contributed by atoms with Crippen molar-refractivity contribution in [3.05, 3.63) is 35.4 Å². The Morgan fingerprint density at radius 3 is 2.58 bits per heavy atom. The van der Waals surface area contributed by atoms with Gasteiger partial charge in [-0.15, -0.1) is 0 Å². The molecule has 1 saturated heterocycles. The van der Waals surface area contributed by atoms with Crippen LogP contribution >= 0.6 is 0 Å². The van der Waals surface area contributed by atoms with E-state index in [-0.39, 0.29) is 24.0 Å². The number of nitrogens with one attached hydrogen (secondary N) is 2. The molecule has 0 unspecified atom stereocenters. The number of nitrogens with zero attached hydrogens (tertiary/aromatic N) is 1. The van der Waals surface area contributed by atoms with Gasteiger partial charge in [0.15, 0.2) is 0 Å². The van der Waals surface area contributed by atoms with Gasteiger partial charge >= 0.3 is 6.03 Å². The molecule has 1 aliphatic heterocycles. The Morgan fingerprint density at radius 1 is 1.19 bits per heavy atom. The number of amides is 3. The molecular weight excluding hydrogens is 330 g/mol. The SMILES string of the molecule is CC(C)CC(=O)N1CCC(NC(=O)N[C@@H]2c3ccccc3C[C@@H]2O)CC1. The quantitative estimate of drug-likeness (QED) is 0.769. The first-order valence-electron chi connectivity index (χ1n) is 9.54. The predicted molar refractivity (Wildman–Crippen MR) is 99.6 cm³/mol. The Labute approximate surface area is 155 Å². The third-order valence-electron chi connectivity index (χ3n) is 5.26. The van der Waals surface area contributed by atoms with Gasteiger partial charge in [0, 0.05) is 32.0 Å². The molecule has 0 saturated carbocycles. The van der Waals surface area contributed by atoms with Crippen molar-refractivity contribution in [2.75, 3.05) is 13.1 Å². The highest BCUT2D eigenvalue weighted by molar-refractivity contribution is 5.77. The van der Waals surface area contributed by atoms with E-state index in [1.807, 2.05) is 43.0 Å². The van der Waals surface area contributed by atoms with Crippen molar-refractivity contribution in [1.29, 1.82) is 0 Å². The van der Waals surface area contributed by atoms with Crippen LogP contribution in [0, 0.1) is 5.92 Å². The van der Waals surface area contributed by atoms with E-state index in [2.05, 4.69) is 10.6 Å². The molecule has 1 aromatic carbocycles. The first-order valence-corrected chi connectivity index (χ1v) is 9.54. The number of hydrogen-bond acceptors (Lipinski definition) is 3. The van der Waals surface area contributed by atoms with Crippen LogP contribution in [0.1, 0.15) is 50.3 Å². The van der Waals surface area contributed by atoms with Gasteiger partial charge in [-0.3, -0.25) is 4.79 Å². The molecular formula is C20H29N3O3. The van der Waals surface area contributed by atoms with E-state index < -0.39 is 6.10 Å². The van der Waals surface area contributed by atoms with Crippen molar-refractivity contribution in [2.24, 2.45) is 5.92 Å². The van der Waals surface area contributed by atoms with Crippen LogP contribution in [0.4, 0.5) is 4.79 Å². The minimum atomic E-state index is -0.589. The lowest BCUT2D eigenvalue weighted by atomic mass is 10.0. The molecule has 3 amide bonds. The van der Waals surface area contributed by atoms with Crippen molar-refractivity contribution in [3.8, 4) is 0 Å². The number of benzene rings is 1. The highest BCUT2D eigenvalue weighted by atomic mass is 16.3. The van der Waals surface area contributed by atoms with Gasteiger partial charge in [-0.1, -0.05) is 38.1 Å². The lowest BCUT2D eigenvalue weighted by molar-refractivity contribution is -0.133. The Bertz CT molecular complexity index is 653. The average Bonchev–Trinajstić information content (AvgIpc) is 2.90. The van der Waals surface area contributed by atoms with Gasteiger partial charge in [0.1, 0.15) is 0 Å². The van der Waals surface area contributed by atoms with Gasteiger partial charge in [0.2, 0.25) is 5.91 Å². The van der Waals surface area contributed by atoms with Crippen molar-refractivity contribution < 1.29 is 14.7 Å². The molecule has 1 aromatic rings. The lowest BCUT2D eigenvalue weighted by Crippen LogP contribution is -2.50. The maximum atomic E-state index is 12.4. The summed E-state index contributed by atoms with van der Waals surface area (Å²) in [5, 5.41) is 16.2. The molecule has 6 nitrogen and oxygen atoms in total. The van der Waals surface area contributed by atoms with E-state index in [9.17, 15) is 14.7 Å². The van der Waals surface area contributed by atoms with Gasteiger partial charge in [0.25, 0.3) is 0 Å². The summed E-state index contributed by atoms with van der Waals surface area (Å²) >= 11 is 0. The number of aliphatic hydroxyl groups excluding tert-OH is 1. The maximum Gasteiger partial charge on any atom is 0.315 e. The van der Waals surface area contributed by atoms with Crippen LogP contribution in [0.25, 0.3) is 0 Å². The molecule has 26 heavy (non-hydrogen) atoms. The van der Waals surface area contributed by atoms with E-state index >= 15 is 0 Å². The van der Waals surface area contributed by atoms with Crippen molar-refractivity contribution in [2.45, 2.75) is 57.7 Å². The van der Waals surface area contributed by atoms with Gasteiger partial charge in [-0.2, -0.15) is 0 Å². The smallest absolute Gasteiger partial charge is 0.315 e. The summed E-state index contributed by atoms with van der Waals surface area (Å²) in [6.45, 7) is 5.47. The molecule has 6 heteroatoms. The van der Waals surface area contributed by atoms with Gasteiger partial charge in [-0.05, 0) is 29.9 Å². The third-order valence-corrected chi connectivity index (χ3v) is 5.26. The Kier molecular flexibility index (Phi) is 5.81. The molecule has 0 spiro atoms. The molecule has 1 aliphatic carbocycles. The van der Waals surface area contributed by atoms with Gasteiger partial charge in [0.05, 0.1) is 12.1 Å². The van der Waals surface area contributed by atoms with E-state index in [0.717, 1.165) is 24.0 Å². The zero-order valence-corrected chi connectivity index (χ0v) is 15.6. The number of aliphatic hydroxyl groups is 1. The monoisotopic (exact) mass is 359 g/mol. The summed E-state index contributed by atoms with van der Waals surface area (Å²) in [6.07, 6.45) is 2.09. The molecule has 0 radical (unpaired) electrons. The van der Waals surface area contributed by atoms with Gasteiger partial charge in [-0.25, -0.2) is 4.79 Å². The Hall–Kier alpha value is -2.08.